The number of rotatable bonds is 6. The van der Waals surface area contributed by atoms with Crippen LogP contribution in [-0.2, 0) is 14.8 Å². The summed E-state index contributed by atoms with van der Waals surface area (Å²) in [5.74, 6) is 1.24. The number of nitrogens with one attached hydrogen (secondary N) is 1. The average Bonchev–Trinajstić information content (AvgIpc) is 3.09. The molecule has 0 aromatic rings. The second-order valence-corrected chi connectivity index (χ2v) is 14.2. The van der Waals surface area contributed by atoms with Crippen LogP contribution in [0.4, 0.5) is 0 Å². The van der Waals surface area contributed by atoms with Gasteiger partial charge in [-0.3, -0.25) is 4.79 Å². The Labute approximate surface area is 194 Å². The van der Waals surface area contributed by atoms with Crippen molar-refractivity contribution in [3.05, 3.63) is 0 Å². The number of carboxylic acids is 1. The van der Waals surface area contributed by atoms with E-state index >= 15 is 0 Å². The van der Waals surface area contributed by atoms with E-state index in [1.54, 1.807) is 7.05 Å². The summed E-state index contributed by atoms with van der Waals surface area (Å²) in [5, 5.41) is 19.2. The molecule has 184 valence electrons. The van der Waals surface area contributed by atoms with Crippen molar-refractivity contribution in [2.75, 3.05) is 7.05 Å². The van der Waals surface area contributed by atoms with Gasteiger partial charge in [0, 0.05) is 6.42 Å². The van der Waals surface area contributed by atoms with Crippen molar-refractivity contribution in [1.82, 2.24) is 4.72 Å². The molecule has 0 aliphatic heterocycles. The lowest BCUT2D eigenvalue weighted by Crippen LogP contribution is -2.61. The Morgan fingerprint density at radius 2 is 1.72 bits per heavy atom. The highest BCUT2D eigenvalue weighted by molar-refractivity contribution is 7.90. The van der Waals surface area contributed by atoms with Gasteiger partial charge in [-0.25, -0.2) is 13.1 Å². The molecule has 0 bridgehead atoms. The minimum Gasteiger partial charge on any atom is -0.481 e. The molecule has 0 radical (unpaired) electrons. The highest BCUT2D eigenvalue weighted by Gasteiger charge is 2.64. The molecule has 4 fully saturated rings. The van der Waals surface area contributed by atoms with Crippen LogP contribution in [-0.4, -0.2) is 43.0 Å². The molecule has 0 saturated heterocycles. The standard InChI is InChI=1S/C25H43NO5S/c1-15(5-8-22(28)29)18-6-7-19-23-20(10-12-25(18,19)3)24(2)11-9-17(27)13-16(24)14-21(23)32(30,31)26-4/h15-21,23,26-27H,5-14H2,1-4H3,(H,28,29)/t15-,16+,17-,18-,19+,20+,21?,23+,24+,25-/m1/s1. The molecule has 4 aliphatic rings. The predicted molar refractivity (Wildman–Crippen MR) is 124 cm³/mol. The average molecular weight is 470 g/mol. The summed E-state index contributed by atoms with van der Waals surface area (Å²) in [4.78, 5) is 11.2. The van der Waals surface area contributed by atoms with Crippen LogP contribution in [0.15, 0.2) is 0 Å². The number of hydrogen-bond donors (Lipinski definition) is 3. The van der Waals surface area contributed by atoms with Gasteiger partial charge in [-0.15, -0.1) is 0 Å². The highest BCUT2D eigenvalue weighted by Crippen LogP contribution is 2.69. The molecule has 0 spiro atoms. The van der Waals surface area contributed by atoms with Crippen LogP contribution in [0.5, 0.6) is 0 Å². The fraction of sp³-hybridized carbons (Fsp3) is 0.960. The van der Waals surface area contributed by atoms with Crippen molar-refractivity contribution in [2.24, 2.45) is 46.3 Å². The first kappa shape index (κ1) is 24.5. The number of aliphatic hydroxyl groups is 1. The Kier molecular flexibility index (Phi) is 6.52. The molecule has 10 atom stereocenters. The van der Waals surface area contributed by atoms with E-state index < -0.39 is 21.2 Å². The monoisotopic (exact) mass is 469 g/mol. The van der Waals surface area contributed by atoms with Gasteiger partial charge in [0.1, 0.15) is 0 Å². The van der Waals surface area contributed by atoms with E-state index in [0.29, 0.717) is 36.5 Å². The van der Waals surface area contributed by atoms with Crippen molar-refractivity contribution in [3.8, 4) is 0 Å². The summed E-state index contributed by atoms with van der Waals surface area (Å²) in [6, 6.07) is 0. The fourth-order valence-corrected chi connectivity index (χ4v) is 10.8. The Bertz CT molecular complexity index is 830. The second kappa shape index (κ2) is 8.53. The smallest absolute Gasteiger partial charge is 0.303 e. The van der Waals surface area contributed by atoms with E-state index in [4.69, 9.17) is 0 Å². The zero-order chi connectivity index (χ0) is 23.5. The van der Waals surface area contributed by atoms with E-state index in [1.165, 1.54) is 0 Å². The number of aliphatic carboxylic acids is 1. The Morgan fingerprint density at radius 1 is 1.06 bits per heavy atom. The minimum absolute atomic E-state index is 0.0813. The lowest BCUT2D eigenvalue weighted by molar-refractivity contribution is -0.138. The SMILES string of the molecule is CNS(=O)(=O)C1C[C@@H]2C[C@H](O)CC[C@]2(C)[C@H]2CC[C@]3(C)[C@@H]([C@H](C)CCC(=O)O)CC[C@H]3[C@H]12. The lowest BCUT2D eigenvalue weighted by Gasteiger charge is -2.63. The Hall–Kier alpha value is -0.660. The van der Waals surface area contributed by atoms with Gasteiger partial charge in [0.05, 0.1) is 11.4 Å². The molecule has 4 saturated carbocycles. The van der Waals surface area contributed by atoms with Crippen molar-refractivity contribution in [3.63, 3.8) is 0 Å². The molecule has 7 heteroatoms. The van der Waals surface area contributed by atoms with Crippen LogP contribution in [0, 0.1) is 46.3 Å². The molecule has 6 nitrogen and oxygen atoms in total. The first-order chi connectivity index (χ1) is 14.9. The number of sulfonamides is 1. The highest BCUT2D eigenvalue weighted by atomic mass is 32.2. The van der Waals surface area contributed by atoms with Crippen LogP contribution in [0.25, 0.3) is 0 Å². The number of aliphatic hydroxyl groups excluding tert-OH is 1. The summed E-state index contributed by atoms with van der Waals surface area (Å²) in [7, 11) is -1.88. The van der Waals surface area contributed by atoms with Gasteiger partial charge in [-0.2, -0.15) is 0 Å². The number of carbonyl (C=O) groups is 1. The molecule has 0 amide bonds. The second-order valence-electron chi connectivity index (χ2n) is 12.1. The molecule has 32 heavy (non-hydrogen) atoms. The van der Waals surface area contributed by atoms with Gasteiger partial charge < -0.3 is 10.2 Å². The van der Waals surface area contributed by atoms with Crippen molar-refractivity contribution >= 4 is 16.0 Å². The van der Waals surface area contributed by atoms with E-state index in [-0.39, 0.29) is 35.2 Å². The van der Waals surface area contributed by atoms with Gasteiger partial charge in [0.25, 0.3) is 0 Å². The maximum atomic E-state index is 13.3. The quantitative estimate of drug-likeness (QED) is 0.545. The Balaban J connectivity index is 1.68. The molecule has 0 aromatic carbocycles. The van der Waals surface area contributed by atoms with Crippen LogP contribution in [0.3, 0.4) is 0 Å². The molecule has 4 rings (SSSR count). The molecule has 0 aromatic heterocycles. The molecule has 3 N–H and O–H groups in total. The van der Waals surface area contributed by atoms with Gasteiger partial charge in [-0.1, -0.05) is 20.8 Å². The minimum atomic E-state index is -3.42. The van der Waals surface area contributed by atoms with Crippen LogP contribution in [0.2, 0.25) is 0 Å². The molecular weight excluding hydrogens is 426 g/mol. The zero-order valence-electron chi connectivity index (χ0n) is 20.2. The third-order valence-corrected chi connectivity index (χ3v) is 12.8. The molecule has 0 heterocycles. The van der Waals surface area contributed by atoms with Gasteiger partial charge in [-0.05, 0) is 111 Å². The normalized spacial score (nSPS) is 47.2. The topological polar surface area (TPSA) is 104 Å². The molecular formula is C25H43NO5S. The van der Waals surface area contributed by atoms with E-state index in [2.05, 4.69) is 25.5 Å². The van der Waals surface area contributed by atoms with E-state index in [1.807, 2.05) is 0 Å². The molecule has 1 unspecified atom stereocenters. The van der Waals surface area contributed by atoms with Gasteiger partial charge >= 0.3 is 5.97 Å². The number of fused-ring (bicyclic) bond motifs is 5. The Morgan fingerprint density at radius 3 is 2.38 bits per heavy atom. The summed E-state index contributed by atoms with van der Waals surface area (Å²) in [5.41, 5.74) is 0.190. The van der Waals surface area contributed by atoms with Crippen molar-refractivity contribution in [1.29, 1.82) is 0 Å². The van der Waals surface area contributed by atoms with E-state index in [9.17, 15) is 23.4 Å². The number of hydrogen-bond acceptors (Lipinski definition) is 4. The largest absolute Gasteiger partial charge is 0.481 e. The van der Waals surface area contributed by atoms with Crippen LogP contribution < -0.4 is 4.72 Å². The van der Waals surface area contributed by atoms with Crippen molar-refractivity contribution in [2.45, 2.75) is 96.3 Å². The van der Waals surface area contributed by atoms with Crippen LogP contribution in [0.1, 0.15) is 85.0 Å². The third kappa shape index (κ3) is 3.84. The summed E-state index contributed by atoms with van der Waals surface area (Å²) in [6.07, 6.45) is 8.12. The zero-order valence-corrected chi connectivity index (χ0v) is 21.0. The molecule has 4 aliphatic carbocycles. The summed E-state index contributed by atoms with van der Waals surface area (Å²) >= 11 is 0. The fourth-order valence-electron chi connectivity index (χ4n) is 9.18. The maximum Gasteiger partial charge on any atom is 0.303 e. The first-order valence-corrected chi connectivity index (χ1v) is 14.3. The lowest BCUT2D eigenvalue weighted by atomic mass is 9.44. The number of carboxylic acid groups (broad SMARTS) is 1. The summed E-state index contributed by atoms with van der Waals surface area (Å²) < 4.78 is 29.3. The predicted octanol–water partition coefficient (Wildman–Crippen LogP) is 4.03. The van der Waals surface area contributed by atoms with Crippen LogP contribution >= 0.6 is 0 Å². The van der Waals surface area contributed by atoms with Gasteiger partial charge in [0.2, 0.25) is 10.0 Å². The summed E-state index contributed by atoms with van der Waals surface area (Å²) in [6.45, 7) is 6.97. The third-order valence-electron chi connectivity index (χ3n) is 10.9. The van der Waals surface area contributed by atoms with Gasteiger partial charge in [0.15, 0.2) is 0 Å². The van der Waals surface area contributed by atoms with E-state index in [0.717, 1.165) is 44.9 Å². The van der Waals surface area contributed by atoms with Crippen molar-refractivity contribution < 1.29 is 23.4 Å². The maximum absolute atomic E-state index is 13.3. The first-order valence-electron chi connectivity index (χ1n) is 12.8.